The van der Waals surface area contributed by atoms with Crippen LogP contribution < -0.4 is 10.6 Å². The van der Waals surface area contributed by atoms with Crippen molar-refractivity contribution < 1.29 is 4.79 Å². The van der Waals surface area contributed by atoms with Gasteiger partial charge in [0.15, 0.2) is 0 Å². The van der Waals surface area contributed by atoms with Crippen LogP contribution >= 0.6 is 11.8 Å². The molecule has 2 N–H and O–H groups in total. The lowest BCUT2D eigenvalue weighted by Crippen LogP contribution is -2.30. The van der Waals surface area contributed by atoms with Crippen molar-refractivity contribution in [3.63, 3.8) is 0 Å². The highest BCUT2D eigenvalue weighted by molar-refractivity contribution is 8.00. The van der Waals surface area contributed by atoms with Crippen molar-refractivity contribution in [1.82, 2.24) is 10.6 Å². The molecule has 1 amide bonds. The van der Waals surface area contributed by atoms with E-state index in [1.807, 2.05) is 0 Å². The van der Waals surface area contributed by atoms with Crippen LogP contribution in [0.2, 0.25) is 0 Å². The van der Waals surface area contributed by atoms with Crippen molar-refractivity contribution in [1.29, 1.82) is 0 Å². The smallest absolute Gasteiger partial charge is 0.230 e. The van der Waals surface area contributed by atoms with Gasteiger partial charge in [0.1, 0.15) is 0 Å². The number of amides is 1. The topological polar surface area (TPSA) is 41.1 Å². The molecule has 108 valence electrons. The van der Waals surface area contributed by atoms with Gasteiger partial charge in [-0.25, -0.2) is 0 Å². The van der Waals surface area contributed by atoms with Crippen LogP contribution in [0.3, 0.4) is 0 Å². The number of carbonyl (C=O) groups is 1. The summed E-state index contributed by atoms with van der Waals surface area (Å²) >= 11 is 1.61. The van der Waals surface area contributed by atoms with Crippen LogP contribution in [-0.4, -0.2) is 31.3 Å². The molecule has 1 aromatic carbocycles. The first-order valence-corrected chi connectivity index (χ1v) is 7.99. The van der Waals surface area contributed by atoms with Crippen molar-refractivity contribution >= 4 is 17.7 Å². The van der Waals surface area contributed by atoms with Gasteiger partial charge in [0, 0.05) is 18.0 Å². The van der Waals surface area contributed by atoms with E-state index in [0.29, 0.717) is 12.3 Å². The van der Waals surface area contributed by atoms with Crippen LogP contribution in [-0.2, 0) is 4.79 Å². The molecule has 1 heterocycles. The van der Waals surface area contributed by atoms with E-state index in [1.165, 1.54) is 21.6 Å². The van der Waals surface area contributed by atoms with Gasteiger partial charge in [-0.3, -0.25) is 4.79 Å². The minimum absolute atomic E-state index is 0.107. The van der Waals surface area contributed by atoms with Crippen molar-refractivity contribution in [3.8, 4) is 0 Å². The van der Waals surface area contributed by atoms with Crippen molar-refractivity contribution in [2.45, 2.75) is 25.2 Å². The minimum atomic E-state index is 0.107. The number of hydrogen-bond acceptors (Lipinski definition) is 3. The summed E-state index contributed by atoms with van der Waals surface area (Å²) in [5.41, 5.74) is 3.79. The van der Waals surface area contributed by atoms with E-state index in [4.69, 9.17) is 0 Å². The van der Waals surface area contributed by atoms with E-state index in [9.17, 15) is 4.79 Å². The Bertz CT molecular complexity index is 511. The maximum absolute atomic E-state index is 11.9. The molecule has 0 saturated carbocycles. The number of nitrogens with one attached hydrogen (secondary N) is 2. The Morgan fingerprint density at radius 2 is 2.25 bits per heavy atom. The van der Waals surface area contributed by atoms with E-state index < -0.39 is 0 Å². The van der Waals surface area contributed by atoms with E-state index in [0.717, 1.165) is 19.5 Å². The first-order valence-electron chi connectivity index (χ1n) is 7.00. The Morgan fingerprint density at radius 3 is 3.00 bits per heavy atom. The van der Waals surface area contributed by atoms with Gasteiger partial charge >= 0.3 is 0 Å². The predicted molar refractivity (Wildman–Crippen MR) is 85.2 cm³/mol. The molecule has 0 spiro atoms. The molecular weight excluding hydrogens is 268 g/mol. The monoisotopic (exact) mass is 290 g/mol. The lowest BCUT2D eigenvalue weighted by molar-refractivity contribution is -0.118. The maximum atomic E-state index is 11.9. The zero-order valence-electron chi connectivity index (χ0n) is 12.2. The first kappa shape index (κ1) is 15.1. The van der Waals surface area contributed by atoms with Gasteiger partial charge in [0.25, 0.3) is 0 Å². The van der Waals surface area contributed by atoms with Crippen LogP contribution in [0.5, 0.6) is 0 Å². The van der Waals surface area contributed by atoms with Gasteiger partial charge in [-0.15, -0.1) is 11.8 Å². The van der Waals surface area contributed by atoms with E-state index >= 15 is 0 Å². The standard InChI is InChI=1S/C16H22N2OS/c1-12-3-4-13(2)15(9-12)20-11-16(19)18-10-14-5-7-17-8-6-14/h3-5,9,17H,6-8,10-11H2,1-2H3,(H,18,19). The normalized spacial score (nSPS) is 14.8. The third-order valence-electron chi connectivity index (χ3n) is 3.37. The van der Waals surface area contributed by atoms with Gasteiger partial charge < -0.3 is 10.6 Å². The average Bonchev–Trinajstić information content (AvgIpc) is 2.47. The number of carbonyl (C=O) groups excluding carboxylic acids is 1. The molecule has 2 rings (SSSR count). The van der Waals surface area contributed by atoms with E-state index in [2.05, 4.69) is 48.8 Å². The number of benzene rings is 1. The SMILES string of the molecule is Cc1ccc(C)c(SCC(=O)NCC2=CCNCC2)c1. The lowest BCUT2D eigenvalue weighted by Gasteiger charge is -2.14. The van der Waals surface area contributed by atoms with Crippen LogP contribution in [0.25, 0.3) is 0 Å². The second-order valence-corrected chi connectivity index (χ2v) is 6.17. The van der Waals surface area contributed by atoms with Gasteiger partial charge in [-0.1, -0.05) is 29.3 Å². The summed E-state index contributed by atoms with van der Waals surface area (Å²) in [6.45, 7) is 6.78. The molecule has 0 aromatic heterocycles. The van der Waals surface area contributed by atoms with Crippen LogP contribution in [0, 0.1) is 13.8 Å². The second-order valence-electron chi connectivity index (χ2n) is 5.15. The van der Waals surface area contributed by atoms with Crippen LogP contribution in [0.4, 0.5) is 0 Å². The Hall–Kier alpha value is -1.26. The molecular formula is C16H22N2OS. The summed E-state index contributed by atoms with van der Waals surface area (Å²) in [7, 11) is 0. The molecule has 0 saturated heterocycles. The average molecular weight is 290 g/mol. The fourth-order valence-corrected chi connectivity index (χ4v) is 3.05. The molecule has 0 atom stereocenters. The van der Waals surface area contributed by atoms with E-state index in [-0.39, 0.29) is 5.91 Å². The minimum Gasteiger partial charge on any atom is -0.352 e. The Labute approximate surface area is 125 Å². The first-order chi connectivity index (χ1) is 9.65. The second kappa shape index (κ2) is 7.50. The summed E-state index contributed by atoms with van der Waals surface area (Å²) in [6.07, 6.45) is 3.20. The quantitative estimate of drug-likeness (QED) is 0.646. The van der Waals surface area contributed by atoms with Crippen LogP contribution in [0.1, 0.15) is 17.5 Å². The highest BCUT2D eigenvalue weighted by Crippen LogP contribution is 2.23. The third kappa shape index (κ3) is 4.69. The van der Waals surface area contributed by atoms with Crippen LogP contribution in [0.15, 0.2) is 34.7 Å². The third-order valence-corrected chi connectivity index (χ3v) is 4.53. The summed E-state index contributed by atoms with van der Waals surface area (Å²) < 4.78 is 0. The molecule has 1 aliphatic heterocycles. The highest BCUT2D eigenvalue weighted by atomic mass is 32.2. The number of hydrogen-bond donors (Lipinski definition) is 2. The summed E-state index contributed by atoms with van der Waals surface area (Å²) in [5.74, 6) is 0.589. The number of thioether (sulfide) groups is 1. The molecule has 0 aliphatic carbocycles. The Morgan fingerprint density at radius 1 is 1.40 bits per heavy atom. The fourth-order valence-electron chi connectivity index (χ4n) is 2.10. The van der Waals surface area contributed by atoms with E-state index in [1.54, 1.807) is 11.8 Å². The van der Waals surface area contributed by atoms with Crippen molar-refractivity contribution in [3.05, 3.63) is 41.0 Å². The number of aryl methyl sites for hydroxylation is 2. The zero-order valence-corrected chi connectivity index (χ0v) is 13.0. The molecule has 4 heteroatoms. The summed E-state index contributed by atoms with van der Waals surface area (Å²) in [6, 6.07) is 6.35. The molecule has 0 radical (unpaired) electrons. The van der Waals surface area contributed by atoms with Gasteiger partial charge in [0.2, 0.25) is 5.91 Å². The Kier molecular flexibility index (Phi) is 5.68. The number of rotatable bonds is 5. The molecule has 1 aromatic rings. The molecule has 0 unspecified atom stereocenters. The molecule has 1 aliphatic rings. The highest BCUT2D eigenvalue weighted by Gasteiger charge is 2.07. The maximum Gasteiger partial charge on any atom is 0.230 e. The fraction of sp³-hybridized carbons (Fsp3) is 0.438. The largest absolute Gasteiger partial charge is 0.352 e. The van der Waals surface area contributed by atoms with Gasteiger partial charge in [-0.2, -0.15) is 0 Å². The molecule has 3 nitrogen and oxygen atoms in total. The molecule has 20 heavy (non-hydrogen) atoms. The van der Waals surface area contributed by atoms with Crippen molar-refractivity contribution in [2.24, 2.45) is 0 Å². The summed E-state index contributed by atoms with van der Waals surface area (Å²) in [4.78, 5) is 13.1. The van der Waals surface area contributed by atoms with Gasteiger partial charge in [-0.05, 0) is 38.4 Å². The Balaban J connectivity index is 1.77. The van der Waals surface area contributed by atoms with Gasteiger partial charge in [0.05, 0.1) is 5.75 Å². The summed E-state index contributed by atoms with van der Waals surface area (Å²) in [5, 5.41) is 6.27. The predicted octanol–water partition coefficient (Wildman–Crippen LogP) is 2.43. The molecule has 0 fully saturated rings. The molecule has 0 bridgehead atoms. The lowest BCUT2D eigenvalue weighted by atomic mass is 10.1. The zero-order chi connectivity index (χ0) is 14.4. The van der Waals surface area contributed by atoms with Crippen molar-refractivity contribution in [2.75, 3.05) is 25.4 Å².